The van der Waals surface area contributed by atoms with Crippen LogP contribution in [-0.2, 0) is 16.6 Å². The van der Waals surface area contributed by atoms with Gasteiger partial charge >= 0.3 is 11.8 Å². The van der Waals surface area contributed by atoms with Gasteiger partial charge in [0.1, 0.15) is 12.4 Å². The summed E-state index contributed by atoms with van der Waals surface area (Å²) in [5.41, 5.74) is 1.06. The van der Waals surface area contributed by atoms with Crippen molar-refractivity contribution >= 4 is 17.7 Å². The molecule has 126 valence electrons. The Hall–Kier alpha value is -3.10. The number of benzene rings is 1. The zero-order chi connectivity index (χ0) is 17.3. The van der Waals surface area contributed by atoms with E-state index in [-0.39, 0.29) is 24.2 Å². The summed E-state index contributed by atoms with van der Waals surface area (Å²) in [6.45, 7) is 2.04. The fourth-order valence-corrected chi connectivity index (χ4v) is 2.45. The molecule has 2 aromatic rings. The molecule has 1 aromatic carbocycles. The van der Waals surface area contributed by atoms with Crippen molar-refractivity contribution in [2.45, 2.75) is 13.0 Å². The van der Waals surface area contributed by atoms with Gasteiger partial charge in [0.2, 0.25) is 5.91 Å². The summed E-state index contributed by atoms with van der Waals surface area (Å²) in [6, 6.07) is 6.92. The summed E-state index contributed by atoms with van der Waals surface area (Å²) in [5.74, 6) is -0.171. The van der Waals surface area contributed by atoms with Gasteiger partial charge in [0.05, 0.1) is 18.8 Å². The van der Waals surface area contributed by atoms with Crippen LogP contribution in [0.15, 0.2) is 35.4 Å². The molecule has 3 rings (SSSR count). The number of anilines is 1. The first kappa shape index (κ1) is 15.8. The van der Waals surface area contributed by atoms with E-state index >= 15 is 0 Å². The highest BCUT2D eigenvalue weighted by Gasteiger charge is 2.32. The number of amides is 2. The van der Waals surface area contributed by atoms with Crippen LogP contribution in [0.3, 0.4) is 0 Å². The van der Waals surface area contributed by atoms with Crippen molar-refractivity contribution in [3.63, 3.8) is 0 Å². The van der Waals surface area contributed by atoms with Crippen LogP contribution < -0.4 is 15.9 Å². The molecule has 1 aromatic heterocycles. The Kier molecular flexibility index (Phi) is 4.07. The molecular weight excluding hydrogens is 314 g/mol. The number of nitrogens with one attached hydrogen (secondary N) is 1. The Bertz CT molecular complexity index is 823. The van der Waals surface area contributed by atoms with Crippen molar-refractivity contribution in [2.24, 2.45) is 7.05 Å². The number of aromatic nitrogens is 3. The molecule has 0 aliphatic carbocycles. The average Bonchev–Trinajstić information content (AvgIpc) is 3.09. The maximum atomic E-state index is 12.0. The summed E-state index contributed by atoms with van der Waals surface area (Å²) in [4.78, 5) is 36.3. The Morgan fingerprint density at radius 1 is 1.29 bits per heavy atom. The highest BCUT2D eigenvalue weighted by atomic mass is 16.6. The van der Waals surface area contributed by atoms with Crippen LogP contribution in [0.2, 0.25) is 0 Å². The largest absolute Gasteiger partial charge is 0.442 e. The molecule has 2 heterocycles. The fourth-order valence-electron chi connectivity index (χ4n) is 2.45. The monoisotopic (exact) mass is 331 g/mol. The molecule has 9 nitrogen and oxygen atoms in total. The van der Waals surface area contributed by atoms with Gasteiger partial charge in [-0.3, -0.25) is 9.69 Å². The van der Waals surface area contributed by atoms with Crippen LogP contribution in [0, 0.1) is 0 Å². The van der Waals surface area contributed by atoms with E-state index < -0.39 is 6.09 Å². The second-order valence-corrected chi connectivity index (χ2v) is 5.48. The van der Waals surface area contributed by atoms with Gasteiger partial charge in [0.25, 0.3) is 0 Å². The molecule has 0 bridgehead atoms. The maximum Gasteiger partial charge on any atom is 0.414 e. The summed E-state index contributed by atoms with van der Waals surface area (Å²) < 4.78 is 7.86. The smallest absolute Gasteiger partial charge is 0.414 e. The molecular formula is C15H17N5O4. The van der Waals surface area contributed by atoms with E-state index in [4.69, 9.17) is 4.74 Å². The maximum absolute atomic E-state index is 12.0. The molecule has 1 aliphatic heterocycles. The van der Waals surface area contributed by atoms with E-state index in [2.05, 4.69) is 10.4 Å². The summed E-state index contributed by atoms with van der Waals surface area (Å²) in [7, 11) is 1.57. The molecule has 1 aliphatic rings. The van der Waals surface area contributed by atoms with Crippen molar-refractivity contribution in [2.75, 3.05) is 18.0 Å². The first-order valence-electron chi connectivity index (χ1n) is 7.39. The van der Waals surface area contributed by atoms with E-state index in [1.807, 2.05) is 0 Å². The van der Waals surface area contributed by atoms with Crippen LogP contribution in [0.5, 0.6) is 0 Å². The zero-order valence-electron chi connectivity index (χ0n) is 13.3. The molecule has 1 fully saturated rings. The Morgan fingerprint density at radius 3 is 2.54 bits per heavy atom. The number of hydrogen-bond donors (Lipinski definition) is 1. The predicted octanol–water partition coefficient (Wildman–Crippen LogP) is 0.0323. The number of carbonyl (C=O) groups excluding carboxylic acids is 2. The third-order valence-electron chi connectivity index (χ3n) is 3.72. The average molecular weight is 331 g/mol. The quantitative estimate of drug-likeness (QED) is 0.852. The minimum absolute atomic E-state index is 0.171. The van der Waals surface area contributed by atoms with Gasteiger partial charge in [0, 0.05) is 19.7 Å². The van der Waals surface area contributed by atoms with Crippen LogP contribution in [0.25, 0.3) is 5.69 Å². The van der Waals surface area contributed by atoms with Gasteiger partial charge in [-0.1, -0.05) is 0 Å². The minimum Gasteiger partial charge on any atom is -0.442 e. The molecule has 0 unspecified atom stereocenters. The number of rotatable bonds is 4. The summed E-state index contributed by atoms with van der Waals surface area (Å²) in [5, 5.41) is 6.53. The first-order valence-corrected chi connectivity index (χ1v) is 7.39. The molecule has 9 heteroatoms. The third kappa shape index (κ3) is 3.00. The lowest BCUT2D eigenvalue weighted by Gasteiger charge is -2.13. The Labute approximate surface area is 137 Å². The van der Waals surface area contributed by atoms with Crippen molar-refractivity contribution in [1.29, 1.82) is 0 Å². The lowest BCUT2D eigenvalue weighted by atomic mass is 10.2. The number of aryl methyl sites for hydroxylation is 1. The first-order chi connectivity index (χ1) is 11.5. The highest BCUT2D eigenvalue weighted by molar-refractivity contribution is 5.89. The van der Waals surface area contributed by atoms with E-state index in [1.165, 1.54) is 27.4 Å². The lowest BCUT2D eigenvalue weighted by Crippen LogP contribution is -2.33. The standard InChI is InChI=1S/C15H17N5O4/c1-10(21)16-7-13-8-19(15(23)24-13)11-3-5-12(6-4-11)20-9-17-18(2)14(20)22/h3-6,9,13H,7-8H2,1-2H3,(H,16,21)/t13-/m0/s1. The lowest BCUT2D eigenvalue weighted by molar-refractivity contribution is -0.119. The number of carbonyl (C=O) groups is 2. The SMILES string of the molecule is CC(=O)NC[C@H]1CN(c2ccc(-n3cnn(C)c3=O)cc2)C(=O)O1. The molecule has 0 spiro atoms. The van der Waals surface area contributed by atoms with E-state index in [0.717, 1.165) is 0 Å². The molecule has 0 radical (unpaired) electrons. The number of nitrogens with zero attached hydrogens (tertiary/aromatic N) is 4. The molecule has 1 saturated heterocycles. The van der Waals surface area contributed by atoms with Crippen LogP contribution in [0.1, 0.15) is 6.92 Å². The Morgan fingerprint density at radius 2 is 1.96 bits per heavy atom. The zero-order valence-corrected chi connectivity index (χ0v) is 13.3. The second-order valence-electron chi connectivity index (χ2n) is 5.48. The molecule has 1 N–H and O–H groups in total. The van der Waals surface area contributed by atoms with Crippen LogP contribution >= 0.6 is 0 Å². The van der Waals surface area contributed by atoms with Crippen molar-refractivity contribution < 1.29 is 14.3 Å². The minimum atomic E-state index is -0.461. The van der Waals surface area contributed by atoms with E-state index in [9.17, 15) is 14.4 Å². The fraction of sp³-hybridized carbons (Fsp3) is 0.333. The molecule has 2 amide bonds. The highest BCUT2D eigenvalue weighted by Crippen LogP contribution is 2.22. The van der Waals surface area contributed by atoms with Gasteiger partial charge in [-0.05, 0) is 24.3 Å². The van der Waals surface area contributed by atoms with E-state index in [1.54, 1.807) is 31.3 Å². The normalized spacial score (nSPS) is 17.0. The van der Waals surface area contributed by atoms with E-state index in [0.29, 0.717) is 17.9 Å². The van der Waals surface area contributed by atoms with Crippen LogP contribution in [-0.4, -0.2) is 45.5 Å². The number of hydrogen-bond acceptors (Lipinski definition) is 5. The topological polar surface area (TPSA) is 98.5 Å². The summed E-state index contributed by atoms with van der Waals surface area (Å²) >= 11 is 0. The third-order valence-corrected chi connectivity index (χ3v) is 3.72. The number of ether oxygens (including phenoxy) is 1. The van der Waals surface area contributed by atoms with Gasteiger partial charge in [0.15, 0.2) is 0 Å². The van der Waals surface area contributed by atoms with Gasteiger partial charge in [-0.2, -0.15) is 5.10 Å². The van der Waals surface area contributed by atoms with Gasteiger partial charge in [-0.25, -0.2) is 18.8 Å². The van der Waals surface area contributed by atoms with Gasteiger partial charge in [-0.15, -0.1) is 0 Å². The van der Waals surface area contributed by atoms with Crippen LogP contribution in [0.4, 0.5) is 10.5 Å². The Balaban J connectivity index is 1.74. The van der Waals surface area contributed by atoms with Crippen molar-refractivity contribution in [1.82, 2.24) is 19.7 Å². The summed E-state index contributed by atoms with van der Waals surface area (Å²) in [6.07, 6.45) is 0.587. The molecule has 1 atom stereocenters. The van der Waals surface area contributed by atoms with Crippen molar-refractivity contribution in [3.8, 4) is 5.69 Å². The molecule has 24 heavy (non-hydrogen) atoms. The molecule has 0 saturated carbocycles. The second kappa shape index (κ2) is 6.19. The number of cyclic esters (lactones) is 1. The van der Waals surface area contributed by atoms with Crippen molar-refractivity contribution in [3.05, 3.63) is 41.1 Å². The predicted molar refractivity (Wildman–Crippen MR) is 85.1 cm³/mol. The van der Waals surface area contributed by atoms with Gasteiger partial charge < -0.3 is 10.1 Å².